The highest BCUT2D eigenvalue weighted by Crippen LogP contribution is 2.39. The van der Waals surface area contributed by atoms with Crippen LogP contribution in [0, 0.1) is 18.6 Å². The van der Waals surface area contributed by atoms with Crippen LogP contribution in [0.5, 0.6) is 5.75 Å². The van der Waals surface area contributed by atoms with Crippen LogP contribution in [0.4, 0.5) is 8.78 Å². The Labute approximate surface area is 155 Å². The summed E-state index contributed by atoms with van der Waals surface area (Å²) < 4.78 is 33.1. The molecule has 27 heavy (non-hydrogen) atoms. The van der Waals surface area contributed by atoms with E-state index in [1.165, 1.54) is 4.90 Å². The standard InChI is InChI=1S/C21H19F2NO3/c1-13-2-5-19-16(10-13)18(25)12-21(27-19)6-8-24(9-7-21)20(26)15-4-3-14(22)11-17(15)23/h2-5,10-11H,6-9,12H2,1H3. The van der Waals surface area contributed by atoms with Crippen LogP contribution in [0.15, 0.2) is 36.4 Å². The fourth-order valence-electron chi connectivity index (χ4n) is 3.84. The van der Waals surface area contributed by atoms with Gasteiger partial charge < -0.3 is 9.64 Å². The zero-order valence-corrected chi connectivity index (χ0v) is 14.9. The number of ether oxygens (including phenoxy) is 1. The van der Waals surface area contributed by atoms with Crippen molar-refractivity contribution >= 4 is 11.7 Å². The van der Waals surface area contributed by atoms with Crippen LogP contribution in [0.3, 0.4) is 0 Å². The van der Waals surface area contributed by atoms with Crippen LogP contribution < -0.4 is 4.74 Å². The van der Waals surface area contributed by atoms with Crippen molar-refractivity contribution in [2.45, 2.75) is 31.8 Å². The maximum Gasteiger partial charge on any atom is 0.256 e. The molecule has 0 atom stereocenters. The fourth-order valence-corrected chi connectivity index (χ4v) is 3.84. The Morgan fingerprint density at radius 2 is 1.85 bits per heavy atom. The molecule has 0 bridgehead atoms. The predicted molar refractivity (Wildman–Crippen MR) is 95.0 cm³/mol. The monoisotopic (exact) mass is 371 g/mol. The molecule has 0 radical (unpaired) electrons. The molecule has 0 N–H and O–H groups in total. The first-order valence-corrected chi connectivity index (χ1v) is 8.94. The number of Topliss-reactive ketones (excluding diaryl/α,β-unsaturated/α-hetero) is 1. The van der Waals surface area contributed by atoms with Crippen LogP contribution in [0.25, 0.3) is 0 Å². The minimum absolute atomic E-state index is 0.0457. The molecule has 0 aromatic heterocycles. The Hall–Kier alpha value is -2.76. The first kappa shape index (κ1) is 17.6. The number of piperidine rings is 1. The van der Waals surface area contributed by atoms with E-state index in [0.717, 1.165) is 17.7 Å². The molecule has 0 aliphatic carbocycles. The van der Waals surface area contributed by atoms with E-state index in [2.05, 4.69) is 0 Å². The Balaban J connectivity index is 1.50. The van der Waals surface area contributed by atoms with Gasteiger partial charge in [-0.1, -0.05) is 11.6 Å². The first-order chi connectivity index (χ1) is 12.9. The van der Waals surface area contributed by atoms with E-state index in [-0.39, 0.29) is 17.8 Å². The average molecular weight is 371 g/mol. The number of hydrogen-bond acceptors (Lipinski definition) is 3. The SMILES string of the molecule is Cc1ccc2c(c1)C(=O)CC1(CCN(C(=O)c3ccc(F)cc3F)CC1)O2. The van der Waals surface area contributed by atoms with Gasteiger partial charge in [0.15, 0.2) is 5.78 Å². The third-order valence-corrected chi connectivity index (χ3v) is 5.37. The minimum atomic E-state index is -0.867. The van der Waals surface area contributed by atoms with Crippen molar-refractivity contribution in [1.82, 2.24) is 4.90 Å². The molecule has 2 aliphatic heterocycles. The first-order valence-electron chi connectivity index (χ1n) is 8.94. The molecule has 2 aliphatic rings. The van der Waals surface area contributed by atoms with Gasteiger partial charge in [0.2, 0.25) is 0 Å². The Morgan fingerprint density at radius 3 is 2.56 bits per heavy atom. The van der Waals surface area contributed by atoms with Gasteiger partial charge in [-0.15, -0.1) is 0 Å². The molecule has 2 aromatic rings. The number of carbonyl (C=O) groups is 2. The van der Waals surface area contributed by atoms with Crippen LogP contribution in [0.2, 0.25) is 0 Å². The van der Waals surface area contributed by atoms with Crippen molar-refractivity contribution in [3.8, 4) is 5.75 Å². The number of nitrogens with zero attached hydrogens (tertiary/aromatic N) is 1. The lowest BCUT2D eigenvalue weighted by atomic mass is 9.82. The molecule has 1 spiro atoms. The van der Waals surface area contributed by atoms with Gasteiger partial charge in [0.25, 0.3) is 5.91 Å². The quantitative estimate of drug-likeness (QED) is 0.764. The molecular formula is C21H19F2NO3. The minimum Gasteiger partial charge on any atom is -0.486 e. The summed E-state index contributed by atoms with van der Waals surface area (Å²) in [5, 5.41) is 0. The summed E-state index contributed by atoms with van der Waals surface area (Å²) in [7, 11) is 0. The van der Waals surface area contributed by atoms with Crippen molar-refractivity contribution in [2.24, 2.45) is 0 Å². The number of benzene rings is 2. The zero-order valence-electron chi connectivity index (χ0n) is 14.9. The Bertz CT molecular complexity index is 933. The van der Waals surface area contributed by atoms with Gasteiger partial charge >= 0.3 is 0 Å². The van der Waals surface area contributed by atoms with Crippen molar-refractivity contribution < 1.29 is 23.1 Å². The molecule has 0 unspecified atom stereocenters. The average Bonchev–Trinajstić information content (AvgIpc) is 2.63. The van der Waals surface area contributed by atoms with Crippen molar-refractivity contribution in [2.75, 3.05) is 13.1 Å². The summed E-state index contributed by atoms with van der Waals surface area (Å²) in [4.78, 5) is 26.7. The maximum absolute atomic E-state index is 13.9. The maximum atomic E-state index is 13.9. The molecule has 1 amide bonds. The Kier molecular flexibility index (Phi) is 4.21. The van der Waals surface area contributed by atoms with Gasteiger partial charge in [0.05, 0.1) is 17.5 Å². The molecule has 6 heteroatoms. The van der Waals surface area contributed by atoms with E-state index in [1.807, 2.05) is 25.1 Å². The number of halogens is 2. The Morgan fingerprint density at radius 1 is 1.11 bits per heavy atom. The van der Waals surface area contributed by atoms with Gasteiger partial charge in [-0.3, -0.25) is 9.59 Å². The second kappa shape index (κ2) is 6.44. The predicted octanol–water partition coefficient (Wildman–Crippen LogP) is 3.91. The molecule has 1 fully saturated rings. The van der Waals surface area contributed by atoms with E-state index in [4.69, 9.17) is 4.74 Å². The molecule has 140 valence electrons. The largest absolute Gasteiger partial charge is 0.486 e. The van der Waals surface area contributed by atoms with Crippen molar-refractivity contribution in [1.29, 1.82) is 0 Å². The molecule has 2 aromatic carbocycles. The van der Waals surface area contributed by atoms with Crippen LogP contribution in [-0.4, -0.2) is 35.3 Å². The van der Waals surface area contributed by atoms with Gasteiger partial charge in [0.1, 0.15) is 23.0 Å². The highest BCUT2D eigenvalue weighted by Gasteiger charge is 2.43. The molecule has 4 rings (SSSR count). The smallest absolute Gasteiger partial charge is 0.256 e. The van der Waals surface area contributed by atoms with E-state index in [9.17, 15) is 18.4 Å². The number of likely N-dealkylation sites (tertiary alicyclic amines) is 1. The highest BCUT2D eigenvalue weighted by molar-refractivity contribution is 6.00. The molecule has 2 heterocycles. The third kappa shape index (κ3) is 3.20. The highest BCUT2D eigenvalue weighted by atomic mass is 19.1. The number of rotatable bonds is 1. The molecule has 1 saturated heterocycles. The van der Waals surface area contributed by atoms with E-state index >= 15 is 0 Å². The van der Waals surface area contributed by atoms with Crippen molar-refractivity contribution in [3.63, 3.8) is 0 Å². The van der Waals surface area contributed by atoms with Gasteiger partial charge in [-0.25, -0.2) is 8.78 Å². The number of aryl methyl sites for hydroxylation is 1. The molecular weight excluding hydrogens is 352 g/mol. The van der Waals surface area contributed by atoms with Gasteiger partial charge in [-0.2, -0.15) is 0 Å². The number of amides is 1. The van der Waals surface area contributed by atoms with Crippen LogP contribution in [-0.2, 0) is 0 Å². The number of ketones is 1. The number of carbonyl (C=O) groups excluding carboxylic acids is 2. The zero-order chi connectivity index (χ0) is 19.2. The van der Waals surface area contributed by atoms with Gasteiger partial charge in [0, 0.05) is 32.0 Å². The van der Waals surface area contributed by atoms with Crippen LogP contribution in [0.1, 0.15) is 45.5 Å². The lowest BCUT2D eigenvalue weighted by molar-refractivity contribution is -0.00581. The lowest BCUT2D eigenvalue weighted by Crippen LogP contribution is -2.52. The van der Waals surface area contributed by atoms with E-state index < -0.39 is 23.1 Å². The normalized spacial score (nSPS) is 18.2. The summed E-state index contributed by atoms with van der Waals surface area (Å²) in [5.41, 5.74) is 0.835. The van der Waals surface area contributed by atoms with Crippen LogP contribution >= 0.6 is 0 Å². The summed E-state index contributed by atoms with van der Waals surface area (Å²) in [6, 6.07) is 8.50. The summed E-state index contributed by atoms with van der Waals surface area (Å²) in [6.07, 6.45) is 1.25. The fraction of sp³-hybridized carbons (Fsp3) is 0.333. The van der Waals surface area contributed by atoms with Crippen molar-refractivity contribution in [3.05, 3.63) is 64.7 Å². The van der Waals surface area contributed by atoms with E-state index in [1.54, 1.807) is 0 Å². The second-order valence-corrected chi connectivity index (χ2v) is 7.30. The number of fused-ring (bicyclic) bond motifs is 1. The molecule has 4 nitrogen and oxygen atoms in total. The second-order valence-electron chi connectivity index (χ2n) is 7.30. The van der Waals surface area contributed by atoms with E-state index in [0.29, 0.717) is 43.3 Å². The summed E-state index contributed by atoms with van der Waals surface area (Å²) >= 11 is 0. The molecule has 0 saturated carbocycles. The number of hydrogen-bond donors (Lipinski definition) is 0. The summed E-state index contributed by atoms with van der Waals surface area (Å²) in [6.45, 7) is 2.63. The lowest BCUT2D eigenvalue weighted by Gasteiger charge is -2.44. The third-order valence-electron chi connectivity index (χ3n) is 5.37. The topological polar surface area (TPSA) is 46.6 Å². The van der Waals surface area contributed by atoms with Gasteiger partial charge in [-0.05, 0) is 31.2 Å². The summed E-state index contributed by atoms with van der Waals surface area (Å²) in [5.74, 6) is -1.43.